The average Bonchev–Trinajstić information content (AvgIpc) is 2.34. The molecule has 0 spiro atoms. The van der Waals surface area contributed by atoms with Gasteiger partial charge in [-0.15, -0.1) is 0 Å². The lowest BCUT2D eigenvalue weighted by atomic mass is 10.0. The third kappa shape index (κ3) is 5.35. The SMILES string of the molecule is CN=C(/C=C(\C)CCC(C)C)N1CCNCC1. The van der Waals surface area contributed by atoms with Crippen molar-refractivity contribution in [3.05, 3.63) is 11.6 Å². The molecule has 1 heterocycles. The van der Waals surface area contributed by atoms with E-state index in [2.05, 4.69) is 42.1 Å². The predicted octanol–water partition coefficient (Wildman–Crippen LogP) is 2.30. The molecule has 1 aliphatic rings. The monoisotopic (exact) mass is 237 g/mol. The van der Waals surface area contributed by atoms with Crippen molar-refractivity contribution < 1.29 is 0 Å². The number of nitrogens with one attached hydrogen (secondary N) is 1. The van der Waals surface area contributed by atoms with E-state index >= 15 is 0 Å². The maximum atomic E-state index is 4.42. The number of hydrogen-bond donors (Lipinski definition) is 1. The Hall–Kier alpha value is -0.830. The number of piperazine rings is 1. The Morgan fingerprint density at radius 2 is 2.00 bits per heavy atom. The number of amidine groups is 1. The number of hydrogen-bond acceptors (Lipinski definition) is 2. The van der Waals surface area contributed by atoms with Gasteiger partial charge in [-0.1, -0.05) is 19.4 Å². The van der Waals surface area contributed by atoms with Crippen LogP contribution in [0.1, 0.15) is 33.6 Å². The van der Waals surface area contributed by atoms with Gasteiger partial charge < -0.3 is 10.2 Å². The van der Waals surface area contributed by atoms with Gasteiger partial charge in [-0.25, -0.2) is 0 Å². The minimum absolute atomic E-state index is 0.777. The summed E-state index contributed by atoms with van der Waals surface area (Å²) in [6.45, 7) is 11.0. The Kier molecular flexibility index (Phi) is 6.27. The molecule has 0 unspecified atom stereocenters. The molecule has 0 aromatic carbocycles. The highest BCUT2D eigenvalue weighted by Crippen LogP contribution is 2.11. The molecule has 0 aromatic heterocycles. The van der Waals surface area contributed by atoms with Gasteiger partial charge in [0.05, 0.1) is 0 Å². The minimum Gasteiger partial charge on any atom is -0.354 e. The Bertz CT molecular complexity index is 273. The summed E-state index contributed by atoms with van der Waals surface area (Å²) in [5.41, 5.74) is 1.44. The molecule has 1 aliphatic heterocycles. The van der Waals surface area contributed by atoms with Crippen LogP contribution in [0.2, 0.25) is 0 Å². The summed E-state index contributed by atoms with van der Waals surface area (Å²) >= 11 is 0. The van der Waals surface area contributed by atoms with Crippen LogP contribution >= 0.6 is 0 Å². The fourth-order valence-corrected chi connectivity index (χ4v) is 2.00. The summed E-state index contributed by atoms with van der Waals surface area (Å²) in [4.78, 5) is 6.79. The van der Waals surface area contributed by atoms with Crippen molar-refractivity contribution in [3.63, 3.8) is 0 Å². The molecule has 1 N–H and O–H groups in total. The molecule has 1 saturated heterocycles. The maximum absolute atomic E-state index is 4.42. The van der Waals surface area contributed by atoms with E-state index in [0.717, 1.165) is 37.9 Å². The van der Waals surface area contributed by atoms with Crippen molar-refractivity contribution in [3.8, 4) is 0 Å². The zero-order chi connectivity index (χ0) is 12.7. The summed E-state index contributed by atoms with van der Waals surface area (Å²) in [5.74, 6) is 1.92. The molecule has 0 bridgehead atoms. The molecule has 0 atom stereocenters. The van der Waals surface area contributed by atoms with Gasteiger partial charge in [-0.05, 0) is 31.8 Å². The van der Waals surface area contributed by atoms with E-state index in [-0.39, 0.29) is 0 Å². The van der Waals surface area contributed by atoms with Crippen LogP contribution in [0.25, 0.3) is 0 Å². The molecule has 0 radical (unpaired) electrons. The van der Waals surface area contributed by atoms with Gasteiger partial charge in [-0.3, -0.25) is 4.99 Å². The molecule has 1 fully saturated rings. The molecule has 1 rings (SSSR count). The fourth-order valence-electron chi connectivity index (χ4n) is 2.00. The van der Waals surface area contributed by atoms with Gasteiger partial charge in [0.25, 0.3) is 0 Å². The summed E-state index contributed by atoms with van der Waals surface area (Å²) in [6, 6.07) is 0. The first-order valence-electron chi connectivity index (χ1n) is 6.73. The summed E-state index contributed by atoms with van der Waals surface area (Å²) < 4.78 is 0. The van der Waals surface area contributed by atoms with E-state index < -0.39 is 0 Å². The Morgan fingerprint density at radius 1 is 1.35 bits per heavy atom. The van der Waals surface area contributed by atoms with Crippen LogP contribution in [0.5, 0.6) is 0 Å². The van der Waals surface area contributed by atoms with E-state index in [0.29, 0.717) is 0 Å². The van der Waals surface area contributed by atoms with Crippen LogP contribution in [0, 0.1) is 5.92 Å². The van der Waals surface area contributed by atoms with Crippen LogP contribution in [0.4, 0.5) is 0 Å². The van der Waals surface area contributed by atoms with Crippen LogP contribution in [-0.2, 0) is 0 Å². The second-order valence-electron chi connectivity index (χ2n) is 5.24. The largest absolute Gasteiger partial charge is 0.354 e. The van der Waals surface area contributed by atoms with Crippen LogP contribution in [0.15, 0.2) is 16.6 Å². The van der Waals surface area contributed by atoms with E-state index in [9.17, 15) is 0 Å². The van der Waals surface area contributed by atoms with E-state index in [1.807, 2.05) is 7.05 Å². The zero-order valence-corrected chi connectivity index (χ0v) is 11.8. The first-order chi connectivity index (χ1) is 8.13. The molecule has 0 amide bonds. The van der Waals surface area contributed by atoms with Gasteiger partial charge in [0.15, 0.2) is 0 Å². The summed E-state index contributed by atoms with van der Waals surface area (Å²) in [7, 11) is 1.89. The van der Waals surface area contributed by atoms with Crippen molar-refractivity contribution in [1.82, 2.24) is 10.2 Å². The van der Waals surface area contributed by atoms with E-state index in [1.54, 1.807) is 0 Å². The zero-order valence-electron chi connectivity index (χ0n) is 11.8. The Balaban J connectivity index is 2.52. The van der Waals surface area contributed by atoms with Gasteiger partial charge in [-0.2, -0.15) is 0 Å². The molecule has 0 aromatic rings. The summed E-state index contributed by atoms with van der Waals surface area (Å²) in [6.07, 6.45) is 4.71. The lowest BCUT2D eigenvalue weighted by Crippen LogP contribution is -2.46. The molecular weight excluding hydrogens is 210 g/mol. The van der Waals surface area contributed by atoms with Gasteiger partial charge in [0.2, 0.25) is 0 Å². The smallest absolute Gasteiger partial charge is 0.123 e. The predicted molar refractivity (Wildman–Crippen MR) is 75.6 cm³/mol. The second-order valence-corrected chi connectivity index (χ2v) is 5.24. The van der Waals surface area contributed by atoms with Crippen LogP contribution in [-0.4, -0.2) is 44.0 Å². The average molecular weight is 237 g/mol. The highest BCUT2D eigenvalue weighted by atomic mass is 15.2. The Morgan fingerprint density at radius 3 is 2.53 bits per heavy atom. The molecule has 17 heavy (non-hydrogen) atoms. The molecule has 98 valence electrons. The summed E-state index contributed by atoms with van der Waals surface area (Å²) in [5, 5.41) is 3.37. The van der Waals surface area contributed by atoms with E-state index in [4.69, 9.17) is 0 Å². The number of aliphatic imine (C=N–C) groups is 1. The van der Waals surface area contributed by atoms with Gasteiger partial charge >= 0.3 is 0 Å². The fraction of sp³-hybridized carbons (Fsp3) is 0.786. The minimum atomic E-state index is 0.777. The third-order valence-electron chi connectivity index (χ3n) is 3.16. The van der Waals surface area contributed by atoms with Crippen molar-refractivity contribution in [2.45, 2.75) is 33.6 Å². The van der Waals surface area contributed by atoms with Gasteiger partial charge in [0, 0.05) is 33.2 Å². The van der Waals surface area contributed by atoms with Crippen LogP contribution in [0.3, 0.4) is 0 Å². The van der Waals surface area contributed by atoms with Crippen molar-refractivity contribution in [2.75, 3.05) is 33.2 Å². The first-order valence-corrected chi connectivity index (χ1v) is 6.73. The lowest BCUT2D eigenvalue weighted by Gasteiger charge is -2.29. The van der Waals surface area contributed by atoms with E-state index in [1.165, 1.54) is 18.4 Å². The molecule has 0 aliphatic carbocycles. The Labute approximate surface area is 106 Å². The van der Waals surface area contributed by atoms with Crippen molar-refractivity contribution >= 4 is 5.84 Å². The topological polar surface area (TPSA) is 27.6 Å². The quantitative estimate of drug-likeness (QED) is 0.600. The van der Waals surface area contributed by atoms with Crippen molar-refractivity contribution in [1.29, 1.82) is 0 Å². The standard InChI is InChI=1S/C14H27N3/c1-12(2)5-6-13(3)11-14(15-4)17-9-7-16-8-10-17/h11-12,16H,5-10H2,1-4H3/b13-11+,15-14?. The first kappa shape index (κ1) is 14.2. The normalized spacial score (nSPS) is 19.0. The second kappa shape index (κ2) is 7.49. The molecule has 0 saturated carbocycles. The lowest BCUT2D eigenvalue weighted by molar-refractivity contribution is 0.358. The highest BCUT2D eigenvalue weighted by Gasteiger charge is 2.12. The number of rotatable bonds is 4. The highest BCUT2D eigenvalue weighted by molar-refractivity contribution is 5.93. The maximum Gasteiger partial charge on any atom is 0.123 e. The molecular formula is C14H27N3. The van der Waals surface area contributed by atoms with Crippen molar-refractivity contribution in [2.24, 2.45) is 10.9 Å². The number of allylic oxidation sites excluding steroid dienone is 1. The number of nitrogens with zero attached hydrogens (tertiary/aromatic N) is 2. The molecule has 3 nitrogen and oxygen atoms in total. The van der Waals surface area contributed by atoms with Gasteiger partial charge in [0.1, 0.15) is 5.84 Å². The third-order valence-corrected chi connectivity index (χ3v) is 3.16. The molecule has 3 heteroatoms. The van der Waals surface area contributed by atoms with Crippen LogP contribution < -0.4 is 5.32 Å².